The number of rotatable bonds is 5. The maximum Gasteiger partial charge on any atom is 0.294 e. The Bertz CT molecular complexity index is 638. The lowest BCUT2D eigenvalue weighted by molar-refractivity contribution is -0.309. The molecule has 0 saturated carbocycles. The van der Waals surface area contributed by atoms with E-state index in [-0.39, 0.29) is 4.91 Å². The van der Waals surface area contributed by atoms with Crippen molar-refractivity contribution in [3.63, 3.8) is 0 Å². The number of carbonyl (C=O) groups excluding carboxylic acids is 3. The van der Waals surface area contributed by atoms with Crippen LogP contribution in [0.1, 0.15) is 19.4 Å². The van der Waals surface area contributed by atoms with Gasteiger partial charge in [0.2, 0.25) is 0 Å². The molecule has 0 aromatic heterocycles. The summed E-state index contributed by atoms with van der Waals surface area (Å²) >= 11 is 0.713. The predicted octanol–water partition coefficient (Wildman–Crippen LogP) is 1.26. The molecule has 0 bridgehead atoms. The number of imide groups is 1. The molecule has 7 heteroatoms. The minimum atomic E-state index is -1.47. The summed E-state index contributed by atoms with van der Waals surface area (Å²) in [5.41, 5.74) is 0.718. The SMILES string of the molecule is CCOc1ccc(/C=C2\SC(=O)N([C@H](C)C(=O)[O-])C2=O)cc1. The van der Waals surface area contributed by atoms with E-state index in [9.17, 15) is 19.5 Å². The normalized spacial score (nSPS) is 17.9. The van der Waals surface area contributed by atoms with Gasteiger partial charge >= 0.3 is 0 Å². The van der Waals surface area contributed by atoms with Crippen molar-refractivity contribution in [2.45, 2.75) is 19.9 Å². The smallest absolute Gasteiger partial charge is 0.294 e. The van der Waals surface area contributed by atoms with Crippen LogP contribution in [-0.2, 0) is 9.59 Å². The summed E-state index contributed by atoms with van der Waals surface area (Å²) in [4.78, 5) is 35.6. The summed E-state index contributed by atoms with van der Waals surface area (Å²) in [6.07, 6.45) is 1.54. The molecule has 116 valence electrons. The zero-order chi connectivity index (χ0) is 16.3. The standard InChI is InChI=1S/C15H15NO5S/c1-3-21-11-6-4-10(5-7-11)8-12-13(17)16(15(20)22-12)9(2)14(18)19/h4-9H,3H2,1-2H3,(H,18,19)/p-1/b12-8-/t9-/m1/s1. The molecule has 1 saturated heterocycles. The molecule has 1 aromatic carbocycles. The highest BCUT2D eigenvalue weighted by atomic mass is 32.2. The van der Waals surface area contributed by atoms with E-state index in [1.807, 2.05) is 6.92 Å². The summed E-state index contributed by atoms with van der Waals surface area (Å²) in [6.45, 7) is 3.67. The summed E-state index contributed by atoms with van der Waals surface area (Å²) < 4.78 is 5.32. The van der Waals surface area contributed by atoms with E-state index < -0.39 is 23.2 Å². The molecule has 1 aromatic rings. The highest BCUT2D eigenvalue weighted by Crippen LogP contribution is 2.33. The Morgan fingerprint density at radius 1 is 1.36 bits per heavy atom. The van der Waals surface area contributed by atoms with Crippen molar-refractivity contribution in [2.75, 3.05) is 6.61 Å². The number of aliphatic carboxylic acids is 1. The fourth-order valence-electron chi connectivity index (χ4n) is 1.90. The van der Waals surface area contributed by atoms with Crippen LogP contribution in [0.3, 0.4) is 0 Å². The quantitative estimate of drug-likeness (QED) is 0.759. The number of carbonyl (C=O) groups is 3. The molecule has 0 radical (unpaired) electrons. The molecule has 6 nitrogen and oxygen atoms in total. The number of nitrogens with zero attached hydrogens (tertiary/aromatic N) is 1. The largest absolute Gasteiger partial charge is 0.548 e. The van der Waals surface area contributed by atoms with Gasteiger partial charge < -0.3 is 14.6 Å². The maximum absolute atomic E-state index is 12.1. The van der Waals surface area contributed by atoms with Crippen LogP contribution in [0.2, 0.25) is 0 Å². The number of hydrogen-bond acceptors (Lipinski definition) is 6. The van der Waals surface area contributed by atoms with Gasteiger partial charge in [-0.25, -0.2) is 0 Å². The van der Waals surface area contributed by atoms with Crippen LogP contribution >= 0.6 is 11.8 Å². The summed E-state index contributed by atoms with van der Waals surface area (Å²) in [6, 6.07) is 5.72. The third kappa shape index (κ3) is 3.30. The van der Waals surface area contributed by atoms with E-state index in [1.165, 1.54) is 6.92 Å². The van der Waals surface area contributed by atoms with Crippen molar-refractivity contribution in [3.05, 3.63) is 34.7 Å². The summed E-state index contributed by atoms with van der Waals surface area (Å²) in [5, 5.41) is 10.2. The second kappa shape index (κ2) is 6.65. The number of thioether (sulfide) groups is 1. The second-order valence-corrected chi connectivity index (χ2v) is 5.54. The molecule has 0 aliphatic carbocycles. The Morgan fingerprint density at radius 2 is 2.00 bits per heavy atom. The van der Waals surface area contributed by atoms with Gasteiger partial charge in [-0.05, 0) is 49.4 Å². The highest BCUT2D eigenvalue weighted by molar-refractivity contribution is 8.18. The fraction of sp³-hybridized carbons (Fsp3) is 0.267. The van der Waals surface area contributed by atoms with E-state index in [1.54, 1.807) is 30.3 Å². The summed E-state index contributed by atoms with van der Waals surface area (Å²) in [5.74, 6) is -1.39. The van der Waals surface area contributed by atoms with Gasteiger partial charge in [0.05, 0.1) is 23.5 Å². The molecule has 1 aliphatic heterocycles. The minimum Gasteiger partial charge on any atom is -0.548 e. The van der Waals surface area contributed by atoms with Gasteiger partial charge in [0.1, 0.15) is 5.75 Å². The first kappa shape index (κ1) is 16.1. The molecule has 1 heterocycles. The van der Waals surface area contributed by atoms with Crippen LogP contribution < -0.4 is 9.84 Å². The Balaban J connectivity index is 2.21. The zero-order valence-electron chi connectivity index (χ0n) is 12.1. The molecule has 0 spiro atoms. The monoisotopic (exact) mass is 320 g/mol. The molecular weight excluding hydrogens is 306 g/mol. The van der Waals surface area contributed by atoms with Crippen LogP contribution in [0.15, 0.2) is 29.2 Å². The lowest BCUT2D eigenvalue weighted by Gasteiger charge is -2.21. The topological polar surface area (TPSA) is 86.7 Å². The third-order valence-corrected chi connectivity index (χ3v) is 3.92. The van der Waals surface area contributed by atoms with Gasteiger partial charge in [0, 0.05) is 0 Å². The highest BCUT2D eigenvalue weighted by Gasteiger charge is 2.38. The number of ether oxygens (including phenoxy) is 1. The van der Waals surface area contributed by atoms with Crippen LogP contribution in [0.4, 0.5) is 4.79 Å². The van der Waals surface area contributed by atoms with Crippen LogP contribution in [0.5, 0.6) is 5.75 Å². The van der Waals surface area contributed by atoms with Crippen molar-refractivity contribution in [3.8, 4) is 5.75 Å². The molecule has 1 aliphatic rings. The number of carboxylic acid groups (broad SMARTS) is 1. The number of hydrogen-bond donors (Lipinski definition) is 0. The predicted molar refractivity (Wildman–Crippen MR) is 79.9 cm³/mol. The fourth-order valence-corrected chi connectivity index (χ4v) is 2.81. The maximum atomic E-state index is 12.1. The number of benzene rings is 1. The lowest BCUT2D eigenvalue weighted by Crippen LogP contribution is -2.48. The van der Waals surface area contributed by atoms with E-state index in [0.29, 0.717) is 29.0 Å². The van der Waals surface area contributed by atoms with Crippen molar-refractivity contribution in [1.29, 1.82) is 0 Å². The Morgan fingerprint density at radius 3 is 2.55 bits per heavy atom. The van der Waals surface area contributed by atoms with Crippen LogP contribution in [-0.4, -0.2) is 34.7 Å². The van der Waals surface area contributed by atoms with Gasteiger partial charge in [-0.15, -0.1) is 0 Å². The molecular formula is C15H14NO5S-. The lowest BCUT2D eigenvalue weighted by atomic mass is 10.2. The van der Waals surface area contributed by atoms with E-state index in [0.717, 1.165) is 5.56 Å². The van der Waals surface area contributed by atoms with Crippen molar-refractivity contribution < 1.29 is 24.2 Å². The average Bonchev–Trinajstić information content (AvgIpc) is 2.75. The minimum absolute atomic E-state index is 0.183. The van der Waals surface area contributed by atoms with Crippen LogP contribution in [0, 0.1) is 0 Å². The summed E-state index contributed by atoms with van der Waals surface area (Å²) in [7, 11) is 0. The molecule has 1 fully saturated rings. The Labute approximate surface area is 131 Å². The first-order valence-corrected chi connectivity index (χ1v) is 7.46. The van der Waals surface area contributed by atoms with E-state index in [4.69, 9.17) is 4.74 Å². The molecule has 0 N–H and O–H groups in total. The Hall–Kier alpha value is -2.28. The first-order chi connectivity index (χ1) is 10.4. The average molecular weight is 320 g/mol. The molecule has 1 atom stereocenters. The second-order valence-electron chi connectivity index (χ2n) is 4.55. The third-order valence-electron chi connectivity index (χ3n) is 3.04. The number of amides is 2. The van der Waals surface area contributed by atoms with Crippen LogP contribution in [0.25, 0.3) is 6.08 Å². The van der Waals surface area contributed by atoms with Gasteiger partial charge in [-0.1, -0.05) is 12.1 Å². The van der Waals surface area contributed by atoms with Crippen molar-refractivity contribution >= 4 is 35.0 Å². The van der Waals surface area contributed by atoms with Gasteiger partial charge in [0.15, 0.2) is 0 Å². The molecule has 2 rings (SSSR count). The zero-order valence-corrected chi connectivity index (χ0v) is 12.9. The van der Waals surface area contributed by atoms with E-state index in [2.05, 4.69) is 0 Å². The number of carboxylic acids is 1. The van der Waals surface area contributed by atoms with E-state index >= 15 is 0 Å². The molecule has 0 unspecified atom stereocenters. The molecule has 22 heavy (non-hydrogen) atoms. The van der Waals surface area contributed by atoms with Gasteiger partial charge in [0.25, 0.3) is 11.1 Å². The van der Waals surface area contributed by atoms with Crippen molar-refractivity contribution in [2.24, 2.45) is 0 Å². The van der Waals surface area contributed by atoms with Gasteiger partial charge in [-0.3, -0.25) is 14.5 Å². The first-order valence-electron chi connectivity index (χ1n) is 6.64. The Kier molecular flexibility index (Phi) is 4.87. The van der Waals surface area contributed by atoms with Gasteiger partial charge in [-0.2, -0.15) is 0 Å². The van der Waals surface area contributed by atoms with Crippen molar-refractivity contribution in [1.82, 2.24) is 4.90 Å². The molecule has 2 amide bonds.